The normalized spacial score (nSPS) is 9.84. The summed E-state index contributed by atoms with van der Waals surface area (Å²) in [7, 11) is 4.97. The van der Waals surface area contributed by atoms with Crippen LogP contribution in [0.4, 0.5) is 0 Å². The van der Waals surface area contributed by atoms with Gasteiger partial charge in [-0.1, -0.05) is 12.2 Å². The standard InChI is InChI=1S/C13H18N2O3S/c1-15(2)12(16)4-5-18-11-7-9(13(14)19)6-10(8-11)17-3/h6-8H,4-5H2,1-3H3,(H2,14,19). The zero-order valence-corrected chi connectivity index (χ0v) is 12.1. The summed E-state index contributed by atoms with van der Waals surface area (Å²) < 4.78 is 10.7. The molecule has 0 spiro atoms. The van der Waals surface area contributed by atoms with Crippen LogP contribution in [0.3, 0.4) is 0 Å². The molecule has 2 N–H and O–H groups in total. The minimum Gasteiger partial charge on any atom is -0.497 e. The molecule has 1 aromatic rings. The highest BCUT2D eigenvalue weighted by Gasteiger charge is 2.07. The van der Waals surface area contributed by atoms with E-state index in [9.17, 15) is 4.79 Å². The van der Waals surface area contributed by atoms with Crippen molar-refractivity contribution in [3.63, 3.8) is 0 Å². The van der Waals surface area contributed by atoms with E-state index in [0.717, 1.165) is 0 Å². The van der Waals surface area contributed by atoms with Gasteiger partial charge in [0.25, 0.3) is 0 Å². The summed E-state index contributed by atoms with van der Waals surface area (Å²) in [6.45, 7) is 0.293. The molecular weight excluding hydrogens is 264 g/mol. The molecule has 19 heavy (non-hydrogen) atoms. The summed E-state index contributed by atoms with van der Waals surface area (Å²) >= 11 is 4.92. The van der Waals surface area contributed by atoms with Gasteiger partial charge in [-0.3, -0.25) is 4.79 Å². The highest BCUT2D eigenvalue weighted by atomic mass is 32.1. The van der Waals surface area contributed by atoms with Crippen LogP contribution in [0.25, 0.3) is 0 Å². The van der Waals surface area contributed by atoms with Crippen molar-refractivity contribution >= 4 is 23.1 Å². The van der Waals surface area contributed by atoms with Crippen LogP contribution in [0.5, 0.6) is 11.5 Å². The van der Waals surface area contributed by atoms with Gasteiger partial charge in [0.1, 0.15) is 16.5 Å². The Morgan fingerprint density at radius 1 is 1.32 bits per heavy atom. The summed E-state index contributed by atoms with van der Waals surface area (Å²) in [6.07, 6.45) is 0.312. The number of carbonyl (C=O) groups is 1. The van der Waals surface area contributed by atoms with E-state index in [1.165, 1.54) is 4.90 Å². The SMILES string of the molecule is COc1cc(OCCC(=O)N(C)C)cc(C(N)=S)c1. The second kappa shape index (κ2) is 6.94. The summed E-state index contributed by atoms with van der Waals surface area (Å²) in [4.78, 5) is 13.2. The monoisotopic (exact) mass is 282 g/mol. The highest BCUT2D eigenvalue weighted by molar-refractivity contribution is 7.80. The third-order valence-electron chi connectivity index (χ3n) is 2.48. The van der Waals surface area contributed by atoms with Gasteiger partial charge < -0.3 is 20.1 Å². The molecule has 0 aromatic heterocycles. The number of hydrogen-bond acceptors (Lipinski definition) is 4. The molecule has 1 rings (SSSR count). The van der Waals surface area contributed by atoms with Crippen LogP contribution in [0.15, 0.2) is 18.2 Å². The minimum absolute atomic E-state index is 0.0115. The Bertz CT molecular complexity index is 475. The van der Waals surface area contributed by atoms with Crippen LogP contribution < -0.4 is 15.2 Å². The molecule has 1 amide bonds. The lowest BCUT2D eigenvalue weighted by Gasteiger charge is -2.12. The number of benzene rings is 1. The molecule has 6 heteroatoms. The van der Waals surface area contributed by atoms with Gasteiger partial charge >= 0.3 is 0 Å². The van der Waals surface area contributed by atoms with Crippen molar-refractivity contribution in [2.75, 3.05) is 27.8 Å². The van der Waals surface area contributed by atoms with Crippen LogP contribution in [0.1, 0.15) is 12.0 Å². The Morgan fingerprint density at radius 3 is 2.47 bits per heavy atom. The van der Waals surface area contributed by atoms with Crippen molar-refractivity contribution in [2.24, 2.45) is 5.73 Å². The predicted octanol–water partition coefficient (Wildman–Crippen LogP) is 1.19. The van der Waals surface area contributed by atoms with Crippen LogP contribution in [0, 0.1) is 0 Å². The summed E-state index contributed by atoms with van der Waals surface area (Å²) in [5.74, 6) is 1.20. The average Bonchev–Trinajstić information content (AvgIpc) is 2.37. The van der Waals surface area contributed by atoms with E-state index in [1.807, 2.05) is 0 Å². The largest absolute Gasteiger partial charge is 0.497 e. The molecule has 0 aliphatic carbocycles. The molecule has 1 aromatic carbocycles. The molecule has 0 aliphatic rings. The molecule has 104 valence electrons. The molecule has 0 aliphatic heterocycles. The average molecular weight is 282 g/mol. The van der Waals surface area contributed by atoms with Crippen molar-refractivity contribution in [2.45, 2.75) is 6.42 Å². The Morgan fingerprint density at radius 2 is 1.95 bits per heavy atom. The van der Waals surface area contributed by atoms with Crippen molar-refractivity contribution in [1.29, 1.82) is 0 Å². The maximum absolute atomic E-state index is 11.4. The number of methoxy groups -OCH3 is 1. The Balaban J connectivity index is 2.70. The third kappa shape index (κ3) is 4.75. The maximum atomic E-state index is 11.4. The molecule has 0 radical (unpaired) electrons. The fraction of sp³-hybridized carbons (Fsp3) is 0.385. The molecule has 0 saturated heterocycles. The van der Waals surface area contributed by atoms with Crippen LogP contribution in [-0.2, 0) is 4.79 Å². The number of thiocarbonyl (C=S) groups is 1. The Labute approximate surface area is 118 Å². The molecule has 0 atom stereocenters. The predicted molar refractivity (Wildman–Crippen MR) is 77.7 cm³/mol. The zero-order chi connectivity index (χ0) is 14.4. The quantitative estimate of drug-likeness (QED) is 0.794. The van der Waals surface area contributed by atoms with Gasteiger partial charge in [-0.15, -0.1) is 0 Å². The number of nitrogens with two attached hydrogens (primary N) is 1. The molecule has 0 fully saturated rings. The first-order valence-corrected chi connectivity index (χ1v) is 6.16. The van der Waals surface area contributed by atoms with Gasteiger partial charge in [0, 0.05) is 25.7 Å². The third-order valence-corrected chi connectivity index (χ3v) is 2.72. The molecule has 0 saturated carbocycles. The second-order valence-electron chi connectivity index (χ2n) is 4.15. The van der Waals surface area contributed by atoms with Gasteiger partial charge in [-0.05, 0) is 12.1 Å². The molecule has 0 bridgehead atoms. The van der Waals surface area contributed by atoms with E-state index in [0.29, 0.717) is 30.1 Å². The van der Waals surface area contributed by atoms with Crippen molar-refractivity contribution < 1.29 is 14.3 Å². The van der Waals surface area contributed by atoms with Gasteiger partial charge in [-0.2, -0.15) is 0 Å². The van der Waals surface area contributed by atoms with Gasteiger partial charge in [0.15, 0.2) is 0 Å². The molecular formula is C13H18N2O3S. The van der Waals surface area contributed by atoms with Gasteiger partial charge in [0.2, 0.25) is 5.91 Å². The Kier molecular flexibility index (Phi) is 5.57. The fourth-order valence-electron chi connectivity index (χ4n) is 1.39. The van der Waals surface area contributed by atoms with Gasteiger partial charge in [0.05, 0.1) is 20.1 Å². The zero-order valence-electron chi connectivity index (χ0n) is 11.3. The van der Waals surface area contributed by atoms with Crippen molar-refractivity contribution in [3.8, 4) is 11.5 Å². The first-order valence-electron chi connectivity index (χ1n) is 5.76. The second-order valence-corrected chi connectivity index (χ2v) is 4.59. The summed E-state index contributed by atoms with van der Waals surface area (Å²) in [5, 5.41) is 0. The summed E-state index contributed by atoms with van der Waals surface area (Å²) in [5.41, 5.74) is 6.25. The maximum Gasteiger partial charge on any atom is 0.225 e. The molecule has 5 nitrogen and oxygen atoms in total. The van der Waals surface area contributed by atoms with E-state index in [-0.39, 0.29) is 10.9 Å². The lowest BCUT2D eigenvalue weighted by molar-refractivity contribution is -0.129. The van der Waals surface area contributed by atoms with Crippen LogP contribution in [0.2, 0.25) is 0 Å². The summed E-state index contributed by atoms with van der Waals surface area (Å²) in [6, 6.07) is 5.19. The van der Waals surface area contributed by atoms with Gasteiger partial charge in [-0.25, -0.2) is 0 Å². The van der Waals surface area contributed by atoms with E-state index in [4.69, 9.17) is 27.4 Å². The number of ether oxygens (including phenoxy) is 2. The number of amides is 1. The highest BCUT2D eigenvalue weighted by Crippen LogP contribution is 2.22. The topological polar surface area (TPSA) is 64.8 Å². The Hall–Kier alpha value is -1.82. The van der Waals surface area contributed by atoms with Crippen LogP contribution >= 0.6 is 12.2 Å². The van der Waals surface area contributed by atoms with E-state index in [1.54, 1.807) is 39.4 Å². The lowest BCUT2D eigenvalue weighted by atomic mass is 10.2. The molecule has 0 heterocycles. The lowest BCUT2D eigenvalue weighted by Crippen LogP contribution is -2.23. The number of nitrogens with zero attached hydrogens (tertiary/aromatic N) is 1. The first-order chi connectivity index (χ1) is 8.93. The minimum atomic E-state index is 0.0115. The number of hydrogen-bond donors (Lipinski definition) is 1. The van der Waals surface area contributed by atoms with Crippen LogP contribution in [-0.4, -0.2) is 43.6 Å². The number of rotatable bonds is 6. The smallest absolute Gasteiger partial charge is 0.225 e. The number of carbonyl (C=O) groups excluding carboxylic acids is 1. The molecule has 0 unspecified atom stereocenters. The van der Waals surface area contributed by atoms with Crippen molar-refractivity contribution in [3.05, 3.63) is 23.8 Å². The fourth-order valence-corrected chi connectivity index (χ4v) is 1.51. The van der Waals surface area contributed by atoms with E-state index in [2.05, 4.69) is 0 Å². The first kappa shape index (κ1) is 15.2. The van der Waals surface area contributed by atoms with E-state index >= 15 is 0 Å². The van der Waals surface area contributed by atoms with Crippen molar-refractivity contribution in [1.82, 2.24) is 4.90 Å². The van der Waals surface area contributed by atoms with E-state index < -0.39 is 0 Å².